The van der Waals surface area contributed by atoms with E-state index < -0.39 is 0 Å². The van der Waals surface area contributed by atoms with Crippen LogP contribution in [0.4, 0.5) is 11.4 Å². The smallest absolute Gasteiger partial charge is 0.225 e. The van der Waals surface area contributed by atoms with Crippen molar-refractivity contribution in [2.75, 3.05) is 44.4 Å². The number of carbonyl (C=O) groups excluding carboxylic acids is 1. The van der Waals surface area contributed by atoms with Crippen LogP contribution in [0.25, 0.3) is 0 Å². The standard InChI is InChI=1S/C15H23N3O3/c1-11-10-18(7-8-21-11)6-5-15(19)17-14-4-3-12(20-2)9-13(14)16/h3-4,9,11H,5-8,10,16H2,1-2H3,(H,17,19). The summed E-state index contributed by atoms with van der Waals surface area (Å²) < 4.78 is 10.6. The molecule has 0 saturated carbocycles. The average molecular weight is 293 g/mol. The minimum absolute atomic E-state index is 0.0361. The number of rotatable bonds is 5. The van der Waals surface area contributed by atoms with Crippen molar-refractivity contribution in [3.05, 3.63) is 18.2 Å². The summed E-state index contributed by atoms with van der Waals surface area (Å²) in [5.74, 6) is 0.638. The molecule has 0 aliphatic carbocycles. The van der Waals surface area contributed by atoms with Gasteiger partial charge in [0.1, 0.15) is 5.75 Å². The van der Waals surface area contributed by atoms with Gasteiger partial charge in [0.2, 0.25) is 5.91 Å². The fourth-order valence-corrected chi connectivity index (χ4v) is 2.35. The van der Waals surface area contributed by atoms with Gasteiger partial charge in [-0.15, -0.1) is 0 Å². The van der Waals surface area contributed by atoms with Gasteiger partial charge >= 0.3 is 0 Å². The number of amides is 1. The number of nitrogen functional groups attached to an aromatic ring is 1. The molecule has 2 rings (SSSR count). The van der Waals surface area contributed by atoms with Crippen molar-refractivity contribution in [2.45, 2.75) is 19.4 Å². The summed E-state index contributed by atoms with van der Waals surface area (Å²) in [5, 5.41) is 2.83. The number of nitrogens with two attached hydrogens (primary N) is 1. The number of nitrogens with zero attached hydrogens (tertiary/aromatic N) is 1. The zero-order valence-corrected chi connectivity index (χ0v) is 12.6. The van der Waals surface area contributed by atoms with Gasteiger partial charge in [-0.05, 0) is 19.1 Å². The molecule has 1 amide bonds. The lowest BCUT2D eigenvalue weighted by Gasteiger charge is -2.30. The number of benzene rings is 1. The van der Waals surface area contributed by atoms with Crippen molar-refractivity contribution >= 4 is 17.3 Å². The number of nitrogens with one attached hydrogen (secondary N) is 1. The molecule has 1 aromatic carbocycles. The second-order valence-electron chi connectivity index (χ2n) is 5.23. The molecule has 1 heterocycles. The van der Waals surface area contributed by atoms with Crippen LogP contribution in [-0.4, -0.2) is 50.3 Å². The Labute approximate surface area is 125 Å². The van der Waals surface area contributed by atoms with Gasteiger partial charge in [0.05, 0.1) is 31.2 Å². The summed E-state index contributed by atoms with van der Waals surface area (Å²) in [6, 6.07) is 5.22. The lowest BCUT2D eigenvalue weighted by molar-refractivity contribution is -0.117. The zero-order valence-electron chi connectivity index (χ0n) is 12.6. The number of hydrogen-bond acceptors (Lipinski definition) is 5. The normalized spacial score (nSPS) is 19.2. The van der Waals surface area contributed by atoms with Crippen molar-refractivity contribution in [3.63, 3.8) is 0 Å². The Morgan fingerprint density at radius 3 is 3.05 bits per heavy atom. The van der Waals surface area contributed by atoms with Crippen LogP contribution in [0, 0.1) is 0 Å². The van der Waals surface area contributed by atoms with Gasteiger partial charge < -0.3 is 20.5 Å². The topological polar surface area (TPSA) is 76.8 Å². The molecule has 3 N–H and O–H groups in total. The van der Waals surface area contributed by atoms with Crippen molar-refractivity contribution in [1.82, 2.24) is 4.90 Å². The predicted molar refractivity (Wildman–Crippen MR) is 82.5 cm³/mol. The second kappa shape index (κ2) is 7.28. The molecule has 6 nitrogen and oxygen atoms in total. The molecule has 0 aromatic heterocycles. The van der Waals surface area contributed by atoms with Gasteiger partial charge in [0, 0.05) is 32.1 Å². The highest BCUT2D eigenvalue weighted by Gasteiger charge is 2.17. The van der Waals surface area contributed by atoms with E-state index in [1.165, 1.54) is 0 Å². The summed E-state index contributed by atoms with van der Waals surface area (Å²) in [4.78, 5) is 14.2. The molecule has 1 atom stereocenters. The van der Waals surface area contributed by atoms with E-state index in [4.69, 9.17) is 15.2 Å². The van der Waals surface area contributed by atoms with E-state index in [0.717, 1.165) is 26.2 Å². The number of ether oxygens (including phenoxy) is 2. The van der Waals surface area contributed by atoms with E-state index in [0.29, 0.717) is 23.5 Å². The average Bonchev–Trinajstić information content (AvgIpc) is 2.47. The van der Waals surface area contributed by atoms with Crippen LogP contribution in [0.15, 0.2) is 18.2 Å². The minimum Gasteiger partial charge on any atom is -0.497 e. The highest BCUT2D eigenvalue weighted by atomic mass is 16.5. The lowest BCUT2D eigenvalue weighted by Crippen LogP contribution is -2.42. The van der Waals surface area contributed by atoms with Crippen LogP contribution in [0.5, 0.6) is 5.75 Å². The monoisotopic (exact) mass is 293 g/mol. The minimum atomic E-state index is -0.0361. The Hall–Kier alpha value is -1.79. The van der Waals surface area contributed by atoms with Crippen LogP contribution >= 0.6 is 0 Å². The highest BCUT2D eigenvalue weighted by molar-refractivity contribution is 5.94. The van der Waals surface area contributed by atoms with E-state index in [1.807, 2.05) is 6.92 Å². The maximum absolute atomic E-state index is 12.0. The van der Waals surface area contributed by atoms with Crippen molar-refractivity contribution < 1.29 is 14.3 Å². The molecule has 0 bridgehead atoms. The Morgan fingerprint density at radius 2 is 2.38 bits per heavy atom. The zero-order chi connectivity index (χ0) is 15.2. The maximum Gasteiger partial charge on any atom is 0.225 e. The molecule has 1 saturated heterocycles. The molecule has 1 aliphatic rings. The van der Waals surface area contributed by atoms with Crippen molar-refractivity contribution in [2.24, 2.45) is 0 Å². The third kappa shape index (κ3) is 4.61. The molecule has 0 radical (unpaired) electrons. The van der Waals surface area contributed by atoms with Crippen LogP contribution in [0.2, 0.25) is 0 Å². The third-order valence-corrected chi connectivity index (χ3v) is 3.51. The second-order valence-corrected chi connectivity index (χ2v) is 5.23. The van der Waals surface area contributed by atoms with Gasteiger partial charge in [0.25, 0.3) is 0 Å². The number of methoxy groups -OCH3 is 1. The Balaban J connectivity index is 1.81. The Morgan fingerprint density at radius 1 is 1.57 bits per heavy atom. The fraction of sp³-hybridized carbons (Fsp3) is 0.533. The molecule has 1 aliphatic heterocycles. The highest BCUT2D eigenvalue weighted by Crippen LogP contribution is 2.24. The van der Waals surface area contributed by atoms with Gasteiger partial charge in [0.15, 0.2) is 0 Å². The predicted octanol–water partition coefficient (Wildman–Crippen LogP) is 1.33. The molecule has 1 aromatic rings. The SMILES string of the molecule is COc1ccc(NC(=O)CCN2CCOC(C)C2)c(N)c1. The molecular weight excluding hydrogens is 270 g/mol. The van der Waals surface area contributed by atoms with Crippen LogP contribution in [-0.2, 0) is 9.53 Å². The molecule has 21 heavy (non-hydrogen) atoms. The maximum atomic E-state index is 12.0. The van der Waals surface area contributed by atoms with E-state index in [2.05, 4.69) is 10.2 Å². The first-order valence-electron chi connectivity index (χ1n) is 7.16. The first-order chi connectivity index (χ1) is 10.1. The number of carbonyl (C=O) groups is 1. The largest absolute Gasteiger partial charge is 0.497 e. The summed E-state index contributed by atoms with van der Waals surface area (Å²) in [6.45, 7) is 5.26. The van der Waals surface area contributed by atoms with Gasteiger partial charge in [-0.1, -0.05) is 0 Å². The molecule has 1 unspecified atom stereocenters. The summed E-state index contributed by atoms with van der Waals surface area (Å²) >= 11 is 0. The Kier molecular flexibility index (Phi) is 5.41. The van der Waals surface area contributed by atoms with Crippen LogP contribution < -0.4 is 15.8 Å². The molecular formula is C15H23N3O3. The van der Waals surface area contributed by atoms with Crippen molar-refractivity contribution in [1.29, 1.82) is 0 Å². The van der Waals surface area contributed by atoms with Gasteiger partial charge in [-0.25, -0.2) is 0 Å². The molecule has 0 spiro atoms. The summed E-state index contributed by atoms with van der Waals surface area (Å²) in [5.41, 5.74) is 7.00. The molecule has 6 heteroatoms. The summed E-state index contributed by atoms with van der Waals surface area (Å²) in [6.07, 6.45) is 0.678. The Bertz CT molecular complexity index is 493. The lowest BCUT2D eigenvalue weighted by atomic mass is 10.2. The van der Waals surface area contributed by atoms with Crippen LogP contribution in [0.3, 0.4) is 0 Å². The quantitative estimate of drug-likeness (QED) is 0.801. The van der Waals surface area contributed by atoms with E-state index >= 15 is 0 Å². The van der Waals surface area contributed by atoms with Crippen LogP contribution in [0.1, 0.15) is 13.3 Å². The molecule has 116 valence electrons. The van der Waals surface area contributed by atoms with E-state index in [-0.39, 0.29) is 12.0 Å². The van der Waals surface area contributed by atoms with Gasteiger partial charge in [-0.2, -0.15) is 0 Å². The molecule has 1 fully saturated rings. The number of hydrogen-bond donors (Lipinski definition) is 2. The number of morpholine rings is 1. The third-order valence-electron chi connectivity index (χ3n) is 3.51. The fourth-order valence-electron chi connectivity index (χ4n) is 2.35. The first-order valence-corrected chi connectivity index (χ1v) is 7.16. The number of anilines is 2. The summed E-state index contributed by atoms with van der Waals surface area (Å²) in [7, 11) is 1.58. The van der Waals surface area contributed by atoms with Crippen molar-refractivity contribution in [3.8, 4) is 5.75 Å². The first kappa shape index (κ1) is 15.6. The van der Waals surface area contributed by atoms with E-state index in [9.17, 15) is 4.79 Å². The van der Waals surface area contributed by atoms with E-state index in [1.54, 1.807) is 25.3 Å². The van der Waals surface area contributed by atoms with Gasteiger partial charge in [-0.3, -0.25) is 9.69 Å².